The summed E-state index contributed by atoms with van der Waals surface area (Å²) in [5, 5.41) is 2.87. The summed E-state index contributed by atoms with van der Waals surface area (Å²) in [4.78, 5) is 26.9. The minimum Gasteiger partial charge on any atom is -0.469 e. The van der Waals surface area contributed by atoms with Gasteiger partial charge in [0.2, 0.25) is 5.91 Å². The average molecular weight is 370 g/mol. The number of likely N-dealkylation sites (tertiary alicyclic amines) is 1. The third-order valence-electron chi connectivity index (χ3n) is 4.90. The average Bonchev–Trinajstić information content (AvgIpc) is 2.71. The molecule has 1 amide bonds. The van der Waals surface area contributed by atoms with E-state index in [2.05, 4.69) is 10.2 Å². The molecule has 1 N–H and O–H groups in total. The van der Waals surface area contributed by atoms with Crippen LogP contribution in [0.15, 0.2) is 54.6 Å². The van der Waals surface area contributed by atoms with E-state index in [0.29, 0.717) is 31.6 Å². The van der Waals surface area contributed by atoms with E-state index >= 15 is 0 Å². The van der Waals surface area contributed by atoms with Gasteiger partial charge in [-0.3, -0.25) is 14.5 Å². The van der Waals surface area contributed by atoms with Gasteiger partial charge in [0, 0.05) is 18.8 Å². The van der Waals surface area contributed by atoms with E-state index in [9.17, 15) is 14.0 Å². The fourth-order valence-electron chi connectivity index (χ4n) is 3.47. The first kappa shape index (κ1) is 19.0. The topological polar surface area (TPSA) is 58.6 Å². The molecule has 1 atom stereocenters. The molecule has 27 heavy (non-hydrogen) atoms. The first-order valence-corrected chi connectivity index (χ1v) is 9.01. The summed E-state index contributed by atoms with van der Waals surface area (Å²) in [5.74, 6) is -0.841. The highest BCUT2D eigenvalue weighted by Crippen LogP contribution is 2.28. The number of anilines is 1. The molecule has 2 aromatic carbocycles. The number of nitrogens with zero attached hydrogens (tertiary/aromatic N) is 1. The number of amides is 1. The first-order valence-electron chi connectivity index (χ1n) is 9.01. The van der Waals surface area contributed by atoms with Gasteiger partial charge in [0.05, 0.1) is 13.0 Å². The lowest BCUT2D eigenvalue weighted by Crippen LogP contribution is -2.43. The highest BCUT2D eigenvalue weighted by Gasteiger charge is 2.33. The zero-order valence-electron chi connectivity index (χ0n) is 15.2. The lowest BCUT2D eigenvalue weighted by Gasteiger charge is -2.36. The van der Waals surface area contributed by atoms with Gasteiger partial charge in [-0.25, -0.2) is 4.39 Å². The second-order valence-corrected chi connectivity index (χ2v) is 6.64. The van der Waals surface area contributed by atoms with Crippen molar-refractivity contribution in [2.75, 3.05) is 25.5 Å². The fourth-order valence-corrected chi connectivity index (χ4v) is 3.47. The number of carbonyl (C=O) groups is 2. The van der Waals surface area contributed by atoms with Crippen LogP contribution in [-0.4, -0.2) is 37.0 Å². The van der Waals surface area contributed by atoms with Crippen molar-refractivity contribution in [2.45, 2.75) is 18.9 Å². The number of hydrogen-bond acceptors (Lipinski definition) is 4. The maximum Gasteiger partial charge on any atom is 0.308 e. The van der Waals surface area contributed by atoms with E-state index in [0.717, 1.165) is 5.56 Å². The number of methoxy groups -OCH3 is 1. The summed E-state index contributed by atoms with van der Waals surface area (Å²) >= 11 is 0. The summed E-state index contributed by atoms with van der Waals surface area (Å²) in [5.41, 5.74) is 1.43. The van der Waals surface area contributed by atoms with Crippen molar-refractivity contribution in [3.63, 3.8) is 0 Å². The Kier molecular flexibility index (Phi) is 6.19. The van der Waals surface area contributed by atoms with E-state index in [1.807, 2.05) is 30.3 Å². The van der Waals surface area contributed by atoms with Gasteiger partial charge < -0.3 is 10.1 Å². The molecule has 2 aromatic rings. The predicted octanol–water partition coefficient (Wildman–Crippen LogP) is 3.39. The van der Waals surface area contributed by atoms with E-state index in [1.165, 1.54) is 19.2 Å². The van der Waals surface area contributed by atoms with Crippen molar-refractivity contribution in [3.8, 4) is 0 Å². The Balaban J connectivity index is 1.77. The number of ether oxygens (including phenoxy) is 1. The SMILES string of the molecule is COC(=O)C1CCN([C@@H](C(=O)Nc2ccc(F)cc2)c2ccccc2)CC1. The zero-order valence-corrected chi connectivity index (χ0v) is 15.2. The molecule has 1 aliphatic rings. The molecule has 0 saturated carbocycles. The molecule has 0 unspecified atom stereocenters. The van der Waals surface area contributed by atoms with E-state index in [-0.39, 0.29) is 23.6 Å². The molecule has 0 aromatic heterocycles. The van der Waals surface area contributed by atoms with Crippen LogP contribution in [0.1, 0.15) is 24.4 Å². The standard InChI is InChI=1S/C21H23FN2O3/c1-27-21(26)16-11-13-24(14-12-16)19(15-5-3-2-4-6-15)20(25)23-18-9-7-17(22)8-10-18/h2-10,16,19H,11-14H2,1H3,(H,23,25)/t19-/m1/s1. The van der Waals surface area contributed by atoms with Crippen LogP contribution < -0.4 is 5.32 Å². The highest BCUT2D eigenvalue weighted by molar-refractivity contribution is 5.95. The van der Waals surface area contributed by atoms with Gasteiger partial charge in [-0.2, -0.15) is 0 Å². The van der Waals surface area contributed by atoms with Crippen molar-refractivity contribution in [3.05, 3.63) is 66.0 Å². The number of piperidine rings is 1. The Hall–Kier alpha value is -2.73. The van der Waals surface area contributed by atoms with E-state index in [1.54, 1.807) is 12.1 Å². The number of halogens is 1. The van der Waals surface area contributed by atoms with E-state index in [4.69, 9.17) is 4.74 Å². The summed E-state index contributed by atoms with van der Waals surface area (Å²) < 4.78 is 17.9. The number of hydrogen-bond donors (Lipinski definition) is 1. The highest BCUT2D eigenvalue weighted by atomic mass is 19.1. The predicted molar refractivity (Wildman–Crippen MR) is 101 cm³/mol. The smallest absolute Gasteiger partial charge is 0.308 e. The quantitative estimate of drug-likeness (QED) is 0.820. The molecule has 0 radical (unpaired) electrons. The third kappa shape index (κ3) is 4.71. The van der Waals surface area contributed by atoms with Crippen molar-refractivity contribution in [1.29, 1.82) is 0 Å². The monoisotopic (exact) mass is 370 g/mol. The second-order valence-electron chi connectivity index (χ2n) is 6.64. The molecule has 0 bridgehead atoms. The lowest BCUT2D eigenvalue weighted by atomic mass is 9.94. The van der Waals surface area contributed by atoms with Crippen LogP contribution in [0, 0.1) is 11.7 Å². The van der Waals surface area contributed by atoms with Gasteiger partial charge in [-0.1, -0.05) is 30.3 Å². The Morgan fingerprint density at radius 3 is 2.30 bits per heavy atom. The number of esters is 1. The van der Waals surface area contributed by atoms with Crippen molar-refractivity contribution in [1.82, 2.24) is 4.90 Å². The van der Waals surface area contributed by atoms with Gasteiger partial charge in [0.1, 0.15) is 11.9 Å². The first-order chi connectivity index (χ1) is 13.1. The molecule has 6 heteroatoms. The van der Waals surface area contributed by atoms with Gasteiger partial charge >= 0.3 is 5.97 Å². The van der Waals surface area contributed by atoms with Gasteiger partial charge in [0.25, 0.3) is 0 Å². The minimum atomic E-state index is -0.477. The van der Waals surface area contributed by atoms with Crippen molar-refractivity contribution in [2.24, 2.45) is 5.92 Å². The Morgan fingerprint density at radius 2 is 1.70 bits per heavy atom. The maximum atomic E-state index is 13.1. The summed E-state index contributed by atoms with van der Waals surface area (Å²) in [6.45, 7) is 1.24. The molecule has 1 aliphatic heterocycles. The summed E-state index contributed by atoms with van der Waals surface area (Å²) in [6.07, 6.45) is 1.31. The summed E-state index contributed by atoms with van der Waals surface area (Å²) in [7, 11) is 1.40. The third-order valence-corrected chi connectivity index (χ3v) is 4.90. The number of carbonyl (C=O) groups excluding carboxylic acids is 2. The molecule has 0 aliphatic carbocycles. The maximum absolute atomic E-state index is 13.1. The minimum absolute atomic E-state index is 0.122. The second kappa shape index (κ2) is 8.77. The molecule has 1 fully saturated rings. The lowest BCUT2D eigenvalue weighted by molar-refractivity contribution is -0.147. The molecular weight excluding hydrogens is 347 g/mol. The van der Waals surface area contributed by atoms with Gasteiger partial charge in [-0.15, -0.1) is 0 Å². The molecule has 142 valence electrons. The molecule has 5 nitrogen and oxygen atoms in total. The zero-order chi connectivity index (χ0) is 19.2. The van der Waals surface area contributed by atoms with Crippen LogP contribution in [0.4, 0.5) is 10.1 Å². The normalized spacial score (nSPS) is 16.5. The molecular formula is C21H23FN2O3. The Bertz CT molecular complexity index is 772. The largest absolute Gasteiger partial charge is 0.469 e. The molecule has 1 saturated heterocycles. The molecule has 3 rings (SSSR count). The van der Waals surface area contributed by atoms with Gasteiger partial charge in [0.15, 0.2) is 0 Å². The summed E-state index contributed by atoms with van der Waals surface area (Å²) in [6, 6.07) is 14.8. The fraction of sp³-hybridized carbons (Fsp3) is 0.333. The van der Waals surface area contributed by atoms with Crippen LogP contribution in [0.3, 0.4) is 0 Å². The molecule has 0 spiro atoms. The van der Waals surface area contributed by atoms with Crippen LogP contribution in [0.2, 0.25) is 0 Å². The molecule has 1 heterocycles. The Labute approximate surface area is 158 Å². The van der Waals surface area contributed by atoms with Crippen LogP contribution in [-0.2, 0) is 14.3 Å². The van der Waals surface area contributed by atoms with Crippen LogP contribution >= 0.6 is 0 Å². The number of benzene rings is 2. The number of rotatable bonds is 5. The van der Waals surface area contributed by atoms with Crippen molar-refractivity contribution < 1.29 is 18.7 Å². The van der Waals surface area contributed by atoms with Crippen molar-refractivity contribution >= 4 is 17.6 Å². The Morgan fingerprint density at radius 1 is 1.07 bits per heavy atom. The van der Waals surface area contributed by atoms with E-state index < -0.39 is 6.04 Å². The van der Waals surface area contributed by atoms with Crippen LogP contribution in [0.5, 0.6) is 0 Å². The van der Waals surface area contributed by atoms with Gasteiger partial charge in [-0.05, 0) is 42.7 Å². The van der Waals surface area contributed by atoms with Crippen LogP contribution in [0.25, 0.3) is 0 Å². The number of nitrogens with one attached hydrogen (secondary N) is 1.